The summed E-state index contributed by atoms with van der Waals surface area (Å²) in [5.74, 6) is 0. The van der Waals surface area contributed by atoms with Crippen LogP contribution in [0.5, 0.6) is 0 Å². The Morgan fingerprint density at radius 2 is 1.62 bits per heavy atom. The standard InChI is InChI=1S/C18H15BrNP/c1-14-12-16(9-10-18(14)19)21(15-6-3-2-4-7-15)17-8-5-11-20-13-17/h2-13H,1H3. The SMILES string of the molecule is Cc1cc(P(c2ccccc2)c2cccnc2)ccc1Br. The van der Waals surface area contributed by atoms with Crippen molar-refractivity contribution < 1.29 is 0 Å². The maximum atomic E-state index is 4.30. The lowest BCUT2D eigenvalue weighted by molar-refractivity contribution is 1.35. The second-order valence-electron chi connectivity index (χ2n) is 4.82. The van der Waals surface area contributed by atoms with Crippen LogP contribution in [0.3, 0.4) is 0 Å². The molecule has 0 radical (unpaired) electrons. The quantitative estimate of drug-likeness (QED) is 0.649. The van der Waals surface area contributed by atoms with Crippen molar-refractivity contribution in [1.29, 1.82) is 0 Å². The predicted octanol–water partition coefficient (Wildman–Crippen LogP) is 3.91. The number of aryl methyl sites for hydroxylation is 1. The number of halogens is 1. The third-order valence-corrected chi connectivity index (χ3v) is 6.60. The first-order valence-electron chi connectivity index (χ1n) is 6.77. The van der Waals surface area contributed by atoms with Gasteiger partial charge in [-0.2, -0.15) is 0 Å². The normalized spacial score (nSPS) is 12.1. The molecular weight excluding hydrogens is 341 g/mol. The van der Waals surface area contributed by atoms with Crippen molar-refractivity contribution in [2.24, 2.45) is 0 Å². The number of pyridine rings is 1. The summed E-state index contributed by atoms with van der Waals surface area (Å²) in [7, 11) is -0.558. The predicted molar refractivity (Wildman–Crippen MR) is 95.4 cm³/mol. The molecule has 1 unspecified atom stereocenters. The third-order valence-electron chi connectivity index (χ3n) is 3.32. The summed E-state index contributed by atoms with van der Waals surface area (Å²) in [6.45, 7) is 2.13. The third kappa shape index (κ3) is 3.23. The molecule has 1 heterocycles. The number of hydrogen-bond donors (Lipinski definition) is 0. The average Bonchev–Trinajstić information content (AvgIpc) is 2.53. The van der Waals surface area contributed by atoms with Gasteiger partial charge in [0.25, 0.3) is 0 Å². The molecule has 104 valence electrons. The Kier molecular flexibility index (Phi) is 4.48. The Hall–Kier alpha value is -1.50. The van der Waals surface area contributed by atoms with Crippen LogP contribution >= 0.6 is 23.9 Å². The van der Waals surface area contributed by atoms with Gasteiger partial charge in [-0.05, 0) is 49.2 Å². The molecule has 1 aromatic heterocycles. The Labute approximate surface area is 134 Å². The molecule has 3 heteroatoms. The molecule has 0 spiro atoms. The molecule has 0 fully saturated rings. The van der Waals surface area contributed by atoms with Crippen LogP contribution in [0.1, 0.15) is 5.56 Å². The average molecular weight is 356 g/mol. The van der Waals surface area contributed by atoms with Crippen molar-refractivity contribution in [3.8, 4) is 0 Å². The first-order chi connectivity index (χ1) is 10.3. The maximum Gasteiger partial charge on any atom is 0.0351 e. The van der Waals surface area contributed by atoms with E-state index in [4.69, 9.17) is 0 Å². The van der Waals surface area contributed by atoms with Gasteiger partial charge in [-0.15, -0.1) is 0 Å². The van der Waals surface area contributed by atoms with Crippen LogP contribution in [0, 0.1) is 6.92 Å². The van der Waals surface area contributed by atoms with Crippen molar-refractivity contribution in [2.75, 3.05) is 0 Å². The van der Waals surface area contributed by atoms with Gasteiger partial charge in [-0.1, -0.05) is 58.4 Å². The highest BCUT2D eigenvalue weighted by Gasteiger charge is 2.16. The summed E-state index contributed by atoms with van der Waals surface area (Å²) in [5.41, 5.74) is 1.26. The number of aromatic nitrogens is 1. The van der Waals surface area contributed by atoms with Gasteiger partial charge in [0, 0.05) is 22.2 Å². The molecule has 0 saturated heterocycles. The number of hydrogen-bond acceptors (Lipinski definition) is 1. The molecule has 1 nitrogen and oxygen atoms in total. The topological polar surface area (TPSA) is 12.9 Å². The summed E-state index contributed by atoms with van der Waals surface area (Å²) in [6.07, 6.45) is 3.81. The fourth-order valence-corrected chi connectivity index (χ4v) is 4.85. The van der Waals surface area contributed by atoms with Gasteiger partial charge in [0.2, 0.25) is 0 Å². The first kappa shape index (κ1) is 14.4. The van der Waals surface area contributed by atoms with Gasteiger partial charge < -0.3 is 0 Å². The number of rotatable bonds is 3. The zero-order valence-corrected chi connectivity index (χ0v) is 14.2. The van der Waals surface area contributed by atoms with Crippen LogP contribution in [0.15, 0.2) is 77.5 Å². The fraction of sp³-hybridized carbons (Fsp3) is 0.0556. The molecule has 0 aliphatic rings. The van der Waals surface area contributed by atoms with Gasteiger partial charge in [0.1, 0.15) is 0 Å². The molecule has 3 rings (SSSR count). The lowest BCUT2D eigenvalue weighted by Crippen LogP contribution is -2.21. The van der Waals surface area contributed by atoms with Gasteiger partial charge in [0.05, 0.1) is 0 Å². The first-order valence-corrected chi connectivity index (χ1v) is 8.90. The molecule has 0 N–H and O–H groups in total. The molecule has 0 amide bonds. The van der Waals surface area contributed by atoms with E-state index in [-0.39, 0.29) is 0 Å². The molecule has 3 aromatic rings. The van der Waals surface area contributed by atoms with Crippen molar-refractivity contribution in [2.45, 2.75) is 6.92 Å². The monoisotopic (exact) mass is 355 g/mol. The van der Waals surface area contributed by atoms with E-state index in [0.29, 0.717) is 0 Å². The van der Waals surface area contributed by atoms with Gasteiger partial charge in [0.15, 0.2) is 0 Å². The van der Waals surface area contributed by atoms with E-state index >= 15 is 0 Å². The van der Waals surface area contributed by atoms with Gasteiger partial charge in [-0.25, -0.2) is 0 Å². The number of nitrogens with zero attached hydrogens (tertiary/aromatic N) is 1. The molecule has 2 aromatic carbocycles. The summed E-state index contributed by atoms with van der Waals surface area (Å²) in [5, 5.41) is 3.98. The molecule has 0 aliphatic heterocycles. The Morgan fingerprint density at radius 3 is 2.29 bits per heavy atom. The van der Waals surface area contributed by atoms with E-state index in [0.717, 1.165) is 4.47 Å². The molecule has 21 heavy (non-hydrogen) atoms. The molecule has 0 bridgehead atoms. The lowest BCUT2D eigenvalue weighted by atomic mass is 10.2. The highest BCUT2D eigenvalue weighted by Crippen LogP contribution is 2.33. The van der Waals surface area contributed by atoms with E-state index in [2.05, 4.69) is 82.4 Å². The zero-order valence-electron chi connectivity index (χ0n) is 11.7. The van der Waals surface area contributed by atoms with E-state index in [1.165, 1.54) is 21.5 Å². The molecule has 0 saturated carbocycles. The van der Waals surface area contributed by atoms with E-state index in [1.807, 2.05) is 18.5 Å². The van der Waals surface area contributed by atoms with Crippen LogP contribution < -0.4 is 15.9 Å². The lowest BCUT2D eigenvalue weighted by Gasteiger charge is -2.19. The van der Waals surface area contributed by atoms with Crippen LogP contribution in [0.4, 0.5) is 0 Å². The zero-order chi connectivity index (χ0) is 14.7. The highest BCUT2D eigenvalue weighted by atomic mass is 79.9. The van der Waals surface area contributed by atoms with Crippen LogP contribution in [0.25, 0.3) is 0 Å². The minimum Gasteiger partial charge on any atom is -0.264 e. The van der Waals surface area contributed by atoms with Crippen LogP contribution in [-0.2, 0) is 0 Å². The highest BCUT2D eigenvalue weighted by molar-refractivity contribution is 9.10. The largest absolute Gasteiger partial charge is 0.264 e. The molecular formula is C18H15BrNP. The van der Waals surface area contributed by atoms with Crippen molar-refractivity contribution >= 4 is 39.8 Å². The Balaban J connectivity index is 2.14. The van der Waals surface area contributed by atoms with E-state index in [9.17, 15) is 0 Å². The Morgan fingerprint density at radius 1 is 0.857 bits per heavy atom. The maximum absolute atomic E-state index is 4.30. The summed E-state index contributed by atoms with van der Waals surface area (Å²) in [4.78, 5) is 4.30. The van der Waals surface area contributed by atoms with Gasteiger partial charge in [-0.3, -0.25) is 4.98 Å². The molecule has 1 atom stereocenters. The minimum absolute atomic E-state index is 0.558. The Bertz CT molecular complexity index is 689. The second-order valence-corrected chi connectivity index (χ2v) is 7.89. The second kappa shape index (κ2) is 6.51. The van der Waals surface area contributed by atoms with Crippen molar-refractivity contribution in [1.82, 2.24) is 4.98 Å². The summed E-state index contributed by atoms with van der Waals surface area (Å²) < 4.78 is 1.15. The smallest absolute Gasteiger partial charge is 0.0351 e. The minimum atomic E-state index is -0.558. The summed E-state index contributed by atoms with van der Waals surface area (Å²) >= 11 is 3.59. The van der Waals surface area contributed by atoms with E-state index in [1.54, 1.807) is 0 Å². The number of benzene rings is 2. The molecule has 0 aliphatic carbocycles. The van der Waals surface area contributed by atoms with Crippen molar-refractivity contribution in [3.05, 3.63) is 83.1 Å². The van der Waals surface area contributed by atoms with Gasteiger partial charge >= 0.3 is 0 Å². The van der Waals surface area contributed by atoms with Crippen LogP contribution in [-0.4, -0.2) is 4.98 Å². The van der Waals surface area contributed by atoms with Crippen LogP contribution in [0.2, 0.25) is 0 Å². The fourth-order valence-electron chi connectivity index (χ4n) is 2.28. The van der Waals surface area contributed by atoms with Crippen molar-refractivity contribution in [3.63, 3.8) is 0 Å². The van der Waals surface area contributed by atoms with E-state index < -0.39 is 7.92 Å². The summed E-state index contributed by atoms with van der Waals surface area (Å²) in [6, 6.07) is 21.5.